The highest BCUT2D eigenvalue weighted by molar-refractivity contribution is 6.33. The zero-order valence-electron chi connectivity index (χ0n) is 12.2. The largest absolute Gasteiger partial charge is 0.480 e. The van der Waals surface area contributed by atoms with E-state index in [-0.39, 0.29) is 28.1 Å². The molecule has 0 aliphatic rings. The van der Waals surface area contributed by atoms with Crippen LogP contribution in [-0.2, 0) is 15.7 Å². The van der Waals surface area contributed by atoms with Gasteiger partial charge in [0.15, 0.2) is 6.61 Å². The van der Waals surface area contributed by atoms with Gasteiger partial charge in [-0.25, -0.2) is 4.79 Å². The number of rotatable bonds is 4. The van der Waals surface area contributed by atoms with Crippen LogP contribution in [0.5, 0.6) is 5.75 Å². The van der Waals surface area contributed by atoms with E-state index in [2.05, 4.69) is 9.72 Å². The standard InChI is InChI=1S/C15H10Cl2F3NO3/c1-23-13(22)7-24-12-4-8(2-3-10(12)16)14-11(17)5-9(6-21-14)15(18,19)20/h2-6H,7H2,1H3. The zero-order chi connectivity index (χ0) is 17.9. The number of carbonyl (C=O) groups excluding carboxylic acids is 1. The molecular formula is C15H10Cl2F3NO3. The predicted molar refractivity (Wildman–Crippen MR) is 82.2 cm³/mol. The minimum Gasteiger partial charge on any atom is -0.480 e. The van der Waals surface area contributed by atoms with E-state index >= 15 is 0 Å². The van der Waals surface area contributed by atoms with Crippen LogP contribution < -0.4 is 4.74 Å². The number of halogens is 5. The first-order valence-corrected chi connectivity index (χ1v) is 7.20. The Morgan fingerprint density at radius 1 is 1.21 bits per heavy atom. The summed E-state index contributed by atoms with van der Waals surface area (Å²) in [6.07, 6.45) is -3.85. The van der Waals surface area contributed by atoms with Crippen LogP contribution in [0.4, 0.5) is 13.2 Å². The maximum Gasteiger partial charge on any atom is 0.417 e. The second kappa shape index (κ2) is 7.27. The molecule has 1 aromatic heterocycles. The first-order valence-electron chi connectivity index (χ1n) is 6.44. The number of methoxy groups -OCH3 is 1. The fourth-order valence-electron chi connectivity index (χ4n) is 1.76. The highest BCUT2D eigenvalue weighted by Gasteiger charge is 2.31. The van der Waals surface area contributed by atoms with Crippen LogP contribution in [0.1, 0.15) is 5.56 Å². The highest BCUT2D eigenvalue weighted by Crippen LogP contribution is 2.36. The molecular weight excluding hydrogens is 370 g/mol. The van der Waals surface area contributed by atoms with Gasteiger partial charge in [0, 0.05) is 11.8 Å². The molecule has 0 spiro atoms. The fourth-order valence-corrected chi connectivity index (χ4v) is 2.21. The van der Waals surface area contributed by atoms with Crippen LogP contribution in [0, 0.1) is 0 Å². The lowest BCUT2D eigenvalue weighted by molar-refractivity contribution is -0.143. The average Bonchev–Trinajstić information content (AvgIpc) is 2.53. The predicted octanol–water partition coefficient (Wildman–Crippen LogP) is 4.63. The molecule has 0 aliphatic heterocycles. The van der Waals surface area contributed by atoms with Gasteiger partial charge in [-0.2, -0.15) is 13.2 Å². The Balaban J connectivity index is 2.34. The molecule has 9 heteroatoms. The summed E-state index contributed by atoms with van der Waals surface area (Å²) in [6.45, 7) is -0.367. The van der Waals surface area contributed by atoms with Crippen LogP contribution in [0.3, 0.4) is 0 Å². The van der Waals surface area contributed by atoms with Crippen molar-refractivity contribution in [2.75, 3.05) is 13.7 Å². The lowest BCUT2D eigenvalue weighted by atomic mass is 10.1. The van der Waals surface area contributed by atoms with Gasteiger partial charge in [0.05, 0.1) is 28.4 Å². The molecule has 0 saturated heterocycles. The average molecular weight is 380 g/mol. The monoisotopic (exact) mass is 379 g/mol. The van der Waals surface area contributed by atoms with E-state index in [1.165, 1.54) is 25.3 Å². The molecule has 24 heavy (non-hydrogen) atoms. The van der Waals surface area contributed by atoms with Crippen LogP contribution in [-0.4, -0.2) is 24.7 Å². The number of carbonyl (C=O) groups is 1. The Hall–Kier alpha value is -1.99. The van der Waals surface area contributed by atoms with Crippen molar-refractivity contribution >= 4 is 29.2 Å². The smallest absolute Gasteiger partial charge is 0.417 e. The molecule has 0 bridgehead atoms. The molecule has 0 N–H and O–H groups in total. The van der Waals surface area contributed by atoms with Gasteiger partial charge >= 0.3 is 12.1 Å². The minimum absolute atomic E-state index is 0.129. The van der Waals surface area contributed by atoms with E-state index in [4.69, 9.17) is 27.9 Å². The molecule has 128 valence electrons. The molecule has 0 atom stereocenters. The van der Waals surface area contributed by atoms with Crippen LogP contribution >= 0.6 is 23.2 Å². The highest BCUT2D eigenvalue weighted by atomic mass is 35.5. The van der Waals surface area contributed by atoms with Gasteiger partial charge in [-0.3, -0.25) is 4.98 Å². The van der Waals surface area contributed by atoms with E-state index in [0.717, 1.165) is 6.07 Å². The summed E-state index contributed by atoms with van der Waals surface area (Å²) in [5.41, 5.74) is -0.436. The van der Waals surface area contributed by atoms with Gasteiger partial charge < -0.3 is 9.47 Å². The van der Waals surface area contributed by atoms with Crippen molar-refractivity contribution in [2.45, 2.75) is 6.18 Å². The van der Waals surface area contributed by atoms with Crippen molar-refractivity contribution < 1.29 is 27.4 Å². The van der Waals surface area contributed by atoms with Crippen molar-refractivity contribution in [1.82, 2.24) is 4.98 Å². The Morgan fingerprint density at radius 2 is 1.92 bits per heavy atom. The molecule has 0 radical (unpaired) electrons. The third-order valence-electron chi connectivity index (χ3n) is 2.95. The number of nitrogens with zero attached hydrogens (tertiary/aromatic N) is 1. The van der Waals surface area contributed by atoms with E-state index < -0.39 is 17.7 Å². The Bertz CT molecular complexity index is 766. The number of alkyl halides is 3. The quantitative estimate of drug-likeness (QED) is 0.726. The molecule has 4 nitrogen and oxygen atoms in total. The van der Waals surface area contributed by atoms with Crippen molar-refractivity contribution in [3.8, 4) is 17.0 Å². The van der Waals surface area contributed by atoms with E-state index in [1.807, 2.05) is 0 Å². The van der Waals surface area contributed by atoms with Gasteiger partial charge in [0.1, 0.15) is 5.75 Å². The lowest BCUT2D eigenvalue weighted by Crippen LogP contribution is -2.12. The summed E-state index contributed by atoms with van der Waals surface area (Å²) < 4.78 is 47.6. The molecule has 2 aromatic rings. The summed E-state index contributed by atoms with van der Waals surface area (Å²) in [5.74, 6) is -0.459. The summed E-state index contributed by atoms with van der Waals surface area (Å²) in [4.78, 5) is 14.9. The first kappa shape index (κ1) is 18.4. The van der Waals surface area contributed by atoms with Crippen molar-refractivity contribution in [2.24, 2.45) is 0 Å². The lowest BCUT2D eigenvalue weighted by Gasteiger charge is -2.11. The van der Waals surface area contributed by atoms with E-state index in [9.17, 15) is 18.0 Å². The Labute approximate surface area is 145 Å². The van der Waals surface area contributed by atoms with Gasteiger partial charge in [0.2, 0.25) is 0 Å². The summed E-state index contributed by atoms with van der Waals surface area (Å²) in [6, 6.07) is 5.19. The third kappa shape index (κ3) is 4.30. The maximum atomic E-state index is 12.6. The first-order chi connectivity index (χ1) is 11.2. The molecule has 0 fully saturated rings. The van der Waals surface area contributed by atoms with E-state index in [0.29, 0.717) is 11.8 Å². The van der Waals surface area contributed by atoms with Crippen LogP contribution in [0.2, 0.25) is 10.0 Å². The Kier molecular flexibility index (Phi) is 5.56. The number of hydrogen-bond donors (Lipinski definition) is 0. The molecule has 2 rings (SSSR count). The molecule has 1 heterocycles. The van der Waals surface area contributed by atoms with E-state index in [1.54, 1.807) is 0 Å². The number of aromatic nitrogens is 1. The van der Waals surface area contributed by atoms with Gasteiger partial charge in [-0.15, -0.1) is 0 Å². The van der Waals surface area contributed by atoms with Crippen LogP contribution in [0.15, 0.2) is 30.5 Å². The van der Waals surface area contributed by atoms with Gasteiger partial charge in [0.25, 0.3) is 0 Å². The minimum atomic E-state index is -4.54. The van der Waals surface area contributed by atoms with Gasteiger partial charge in [-0.1, -0.05) is 29.3 Å². The van der Waals surface area contributed by atoms with Crippen molar-refractivity contribution in [3.63, 3.8) is 0 Å². The summed E-state index contributed by atoms with van der Waals surface area (Å²) >= 11 is 11.9. The molecule has 0 aliphatic carbocycles. The van der Waals surface area contributed by atoms with Crippen molar-refractivity contribution in [1.29, 1.82) is 0 Å². The SMILES string of the molecule is COC(=O)COc1cc(-c2ncc(C(F)(F)F)cc2Cl)ccc1Cl. The molecule has 0 unspecified atom stereocenters. The maximum absolute atomic E-state index is 12.6. The normalized spacial score (nSPS) is 11.2. The second-order valence-electron chi connectivity index (χ2n) is 4.56. The number of pyridine rings is 1. The number of ether oxygens (including phenoxy) is 2. The van der Waals surface area contributed by atoms with Crippen LogP contribution in [0.25, 0.3) is 11.3 Å². The summed E-state index contributed by atoms with van der Waals surface area (Å²) in [5, 5.41) is 0.0387. The fraction of sp³-hybridized carbons (Fsp3) is 0.200. The third-order valence-corrected chi connectivity index (χ3v) is 3.55. The van der Waals surface area contributed by atoms with Gasteiger partial charge in [-0.05, 0) is 18.2 Å². The number of esters is 1. The Morgan fingerprint density at radius 3 is 2.50 bits per heavy atom. The second-order valence-corrected chi connectivity index (χ2v) is 5.38. The number of benzene rings is 1. The number of hydrogen-bond acceptors (Lipinski definition) is 4. The van der Waals surface area contributed by atoms with Crippen molar-refractivity contribution in [3.05, 3.63) is 46.1 Å². The zero-order valence-corrected chi connectivity index (χ0v) is 13.7. The summed E-state index contributed by atoms with van der Waals surface area (Å²) in [7, 11) is 1.20. The molecule has 0 saturated carbocycles. The molecule has 0 amide bonds. The molecule has 1 aromatic carbocycles. The topological polar surface area (TPSA) is 48.4 Å².